The first-order valence-corrected chi connectivity index (χ1v) is 13.4. The van der Waals surface area contributed by atoms with Gasteiger partial charge < -0.3 is 9.47 Å². The Kier molecular flexibility index (Phi) is 7.70. The summed E-state index contributed by atoms with van der Waals surface area (Å²) < 4.78 is 11.7. The van der Waals surface area contributed by atoms with Gasteiger partial charge in [-0.05, 0) is 78.9 Å². The molecule has 0 radical (unpaired) electrons. The summed E-state index contributed by atoms with van der Waals surface area (Å²) in [5.41, 5.74) is 3.97. The lowest BCUT2D eigenvalue weighted by Crippen LogP contribution is -1.96. The van der Waals surface area contributed by atoms with E-state index in [0.29, 0.717) is 40.2 Å². The summed E-state index contributed by atoms with van der Waals surface area (Å²) in [6.45, 7) is 0. The van der Waals surface area contributed by atoms with Crippen LogP contribution in [0.1, 0.15) is 0 Å². The molecule has 0 aliphatic heterocycles. The summed E-state index contributed by atoms with van der Waals surface area (Å²) in [5.74, 6) is 2.68. The fourth-order valence-corrected chi connectivity index (χ4v) is 4.39. The van der Waals surface area contributed by atoms with Gasteiger partial charge in [-0.1, -0.05) is 30.3 Å². The number of hydrogen-bond acceptors (Lipinski definition) is 8. The van der Waals surface area contributed by atoms with Crippen molar-refractivity contribution < 1.29 is 19.3 Å². The van der Waals surface area contributed by atoms with Crippen molar-refractivity contribution in [1.29, 1.82) is 0 Å². The van der Waals surface area contributed by atoms with Gasteiger partial charge in [0.2, 0.25) is 0 Å². The zero-order chi connectivity index (χ0) is 30.5. The van der Waals surface area contributed by atoms with E-state index in [0.717, 1.165) is 16.7 Å². The molecule has 0 amide bonds. The maximum Gasteiger partial charge on any atom is 0.269 e. The van der Waals surface area contributed by atoms with Gasteiger partial charge in [-0.25, -0.2) is 9.97 Å². The van der Waals surface area contributed by atoms with Gasteiger partial charge in [-0.15, -0.1) is 0 Å². The Morgan fingerprint density at radius 2 is 0.818 bits per heavy atom. The second-order valence-electron chi connectivity index (χ2n) is 9.58. The summed E-state index contributed by atoms with van der Waals surface area (Å²) in [6.07, 6.45) is 0. The molecule has 0 atom stereocenters. The number of ether oxygens (including phenoxy) is 2. The van der Waals surface area contributed by atoms with Gasteiger partial charge in [0.25, 0.3) is 11.4 Å². The van der Waals surface area contributed by atoms with Crippen LogP contribution in [0.25, 0.3) is 33.9 Å². The Labute approximate surface area is 251 Å². The van der Waals surface area contributed by atoms with Gasteiger partial charge >= 0.3 is 0 Å². The summed E-state index contributed by atoms with van der Waals surface area (Å²) >= 11 is 0. The number of benzene rings is 5. The van der Waals surface area contributed by atoms with Crippen LogP contribution in [0.3, 0.4) is 0 Å². The Morgan fingerprint density at radius 3 is 1.18 bits per heavy atom. The molecule has 0 aliphatic carbocycles. The summed E-state index contributed by atoms with van der Waals surface area (Å²) in [7, 11) is 0. The van der Waals surface area contributed by atoms with E-state index in [1.807, 2.05) is 84.9 Å². The van der Waals surface area contributed by atoms with Gasteiger partial charge in [0.15, 0.2) is 5.82 Å². The van der Waals surface area contributed by atoms with E-state index >= 15 is 0 Å². The molecule has 1 heterocycles. The van der Waals surface area contributed by atoms with Crippen molar-refractivity contribution in [3.63, 3.8) is 0 Å². The molecule has 44 heavy (non-hydrogen) atoms. The third-order valence-corrected chi connectivity index (χ3v) is 6.62. The molecule has 0 bridgehead atoms. The molecular weight excluding hydrogens is 560 g/mol. The molecule has 0 N–H and O–H groups in total. The average molecular weight is 583 g/mol. The maximum absolute atomic E-state index is 10.9. The Hall–Kier alpha value is -6.42. The van der Waals surface area contributed by atoms with Crippen LogP contribution >= 0.6 is 0 Å². The van der Waals surface area contributed by atoms with Crippen molar-refractivity contribution in [2.75, 3.05) is 0 Å². The van der Waals surface area contributed by atoms with Crippen molar-refractivity contribution in [3.05, 3.63) is 154 Å². The van der Waals surface area contributed by atoms with Gasteiger partial charge in [-0.3, -0.25) is 20.2 Å². The van der Waals surface area contributed by atoms with Crippen LogP contribution in [0.4, 0.5) is 11.4 Å². The van der Waals surface area contributed by atoms with E-state index < -0.39 is 9.85 Å². The van der Waals surface area contributed by atoms with Crippen LogP contribution < -0.4 is 9.47 Å². The smallest absolute Gasteiger partial charge is 0.269 e. The van der Waals surface area contributed by atoms with Gasteiger partial charge in [0.05, 0.1) is 21.2 Å². The number of aromatic nitrogens is 2. The van der Waals surface area contributed by atoms with E-state index in [1.54, 1.807) is 24.3 Å². The zero-order valence-electron chi connectivity index (χ0n) is 22.9. The van der Waals surface area contributed by atoms with Crippen LogP contribution in [0.2, 0.25) is 0 Å². The number of nitro benzene ring substituents is 2. The lowest BCUT2D eigenvalue weighted by Gasteiger charge is -2.11. The monoisotopic (exact) mass is 582 g/mol. The molecule has 0 saturated heterocycles. The summed E-state index contributed by atoms with van der Waals surface area (Å²) in [5, 5.41) is 21.8. The van der Waals surface area contributed by atoms with Gasteiger partial charge in [0.1, 0.15) is 23.0 Å². The maximum atomic E-state index is 10.9. The van der Waals surface area contributed by atoms with Crippen LogP contribution in [-0.2, 0) is 0 Å². The predicted molar refractivity (Wildman–Crippen MR) is 165 cm³/mol. The quantitative estimate of drug-likeness (QED) is 0.122. The van der Waals surface area contributed by atoms with Crippen LogP contribution in [0.5, 0.6) is 23.0 Å². The van der Waals surface area contributed by atoms with Crippen LogP contribution in [0, 0.1) is 20.2 Å². The number of rotatable bonds is 9. The highest BCUT2D eigenvalue weighted by Gasteiger charge is 2.12. The van der Waals surface area contributed by atoms with Crippen molar-refractivity contribution in [3.8, 4) is 56.9 Å². The van der Waals surface area contributed by atoms with E-state index in [2.05, 4.69) is 0 Å². The SMILES string of the molecule is O=[N+]([O-])c1ccc(Oc2ccc(-c3cc(-c4ccc(Oc5ccc([N+](=O)[O-])cc5)cc4)nc(-c4ccccc4)n3)cc2)cc1. The molecule has 214 valence electrons. The minimum atomic E-state index is -0.456. The fourth-order valence-electron chi connectivity index (χ4n) is 4.39. The van der Waals surface area contributed by atoms with E-state index in [-0.39, 0.29) is 11.4 Å². The molecule has 6 aromatic rings. The van der Waals surface area contributed by atoms with Crippen molar-refractivity contribution in [1.82, 2.24) is 9.97 Å². The fraction of sp³-hybridized carbons (Fsp3) is 0. The highest BCUT2D eigenvalue weighted by Crippen LogP contribution is 2.32. The molecular formula is C34H22N4O6. The highest BCUT2D eigenvalue weighted by molar-refractivity contribution is 5.72. The number of non-ortho nitro benzene ring substituents is 2. The van der Waals surface area contributed by atoms with Crippen molar-refractivity contribution in [2.45, 2.75) is 0 Å². The first kappa shape index (κ1) is 27.7. The molecule has 0 saturated carbocycles. The topological polar surface area (TPSA) is 131 Å². The molecule has 10 nitrogen and oxygen atoms in total. The molecule has 0 aliphatic rings. The zero-order valence-corrected chi connectivity index (χ0v) is 22.9. The van der Waals surface area contributed by atoms with Gasteiger partial charge in [-0.2, -0.15) is 0 Å². The first-order valence-electron chi connectivity index (χ1n) is 13.4. The normalized spacial score (nSPS) is 10.6. The highest BCUT2D eigenvalue weighted by atomic mass is 16.6. The predicted octanol–water partition coefficient (Wildman–Crippen LogP) is 8.88. The minimum Gasteiger partial charge on any atom is -0.457 e. The third-order valence-electron chi connectivity index (χ3n) is 6.62. The summed E-state index contributed by atoms with van der Waals surface area (Å²) in [4.78, 5) is 30.6. The summed E-state index contributed by atoms with van der Waals surface area (Å²) in [6, 6.07) is 38.2. The minimum absolute atomic E-state index is 0.00635. The molecule has 1 aromatic heterocycles. The van der Waals surface area contributed by atoms with Crippen molar-refractivity contribution in [2.24, 2.45) is 0 Å². The lowest BCUT2D eigenvalue weighted by atomic mass is 10.1. The Balaban J connectivity index is 1.27. The number of hydrogen-bond donors (Lipinski definition) is 0. The lowest BCUT2D eigenvalue weighted by molar-refractivity contribution is -0.385. The molecule has 5 aromatic carbocycles. The standard InChI is InChI=1S/C34H22N4O6/c39-37(40)26-10-18-30(19-11-26)43-28-14-6-23(7-15-28)32-22-33(36-34(35-32)25-4-2-1-3-5-25)24-8-16-29(17-9-24)44-31-20-12-27(13-21-31)38(41)42/h1-22H. The van der Waals surface area contributed by atoms with Crippen LogP contribution in [-0.4, -0.2) is 19.8 Å². The molecule has 0 spiro atoms. The molecule has 0 unspecified atom stereocenters. The van der Waals surface area contributed by atoms with Gasteiger partial charge in [0, 0.05) is 41.0 Å². The second-order valence-corrected chi connectivity index (χ2v) is 9.58. The molecule has 10 heteroatoms. The molecule has 0 fully saturated rings. The Bertz CT molecular complexity index is 1810. The third kappa shape index (κ3) is 6.39. The largest absolute Gasteiger partial charge is 0.457 e. The molecule has 6 rings (SSSR count). The van der Waals surface area contributed by atoms with E-state index in [9.17, 15) is 20.2 Å². The van der Waals surface area contributed by atoms with E-state index in [1.165, 1.54) is 24.3 Å². The number of nitrogens with zero attached hydrogens (tertiary/aromatic N) is 4. The first-order chi connectivity index (χ1) is 21.4. The van der Waals surface area contributed by atoms with E-state index in [4.69, 9.17) is 19.4 Å². The Morgan fingerprint density at radius 1 is 0.455 bits per heavy atom. The van der Waals surface area contributed by atoms with Crippen molar-refractivity contribution >= 4 is 11.4 Å². The number of nitro groups is 2. The second kappa shape index (κ2) is 12.2. The van der Waals surface area contributed by atoms with Crippen LogP contribution in [0.15, 0.2) is 133 Å². The average Bonchev–Trinajstić information content (AvgIpc) is 3.06.